The summed E-state index contributed by atoms with van der Waals surface area (Å²) in [5.74, 6) is 0.849. The molecule has 0 saturated carbocycles. The summed E-state index contributed by atoms with van der Waals surface area (Å²) in [5.41, 5.74) is 5.74. The van der Waals surface area contributed by atoms with E-state index in [0.29, 0.717) is 0 Å². The zero-order chi connectivity index (χ0) is 22.1. The quantitative estimate of drug-likeness (QED) is 0.647. The third-order valence-corrected chi connectivity index (χ3v) is 5.46. The van der Waals surface area contributed by atoms with Crippen molar-refractivity contribution < 1.29 is 4.74 Å². The minimum Gasteiger partial charge on any atom is -0.489 e. The number of aromatic nitrogens is 2. The van der Waals surface area contributed by atoms with Crippen molar-refractivity contribution in [2.45, 2.75) is 40.2 Å². The minimum absolute atomic E-state index is 0.0854. The molecule has 5 nitrogen and oxygen atoms in total. The van der Waals surface area contributed by atoms with Crippen molar-refractivity contribution in [2.24, 2.45) is 4.99 Å². The molecular weight excluding hydrogens is 384 g/mol. The first-order chi connectivity index (χ1) is 14.8. The van der Waals surface area contributed by atoms with Gasteiger partial charge in [0.2, 0.25) is 0 Å². The van der Waals surface area contributed by atoms with Crippen LogP contribution in [-0.4, -0.2) is 41.6 Å². The number of aryl methyl sites for hydroxylation is 2. The van der Waals surface area contributed by atoms with Crippen molar-refractivity contribution in [3.05, 3.63) is 74.6 Å². The molecule has 4 rings (SSSR count). The van der Waals surface area contributed by atoms with E-state index in [9.17, 15) is 0 Å². The maximum atomic E-state index is 6.17. The third kappa shape index (κ3) is 4.52. The van der Waals surface area contributed by atoms with Crippen molar-refractivity contribution >= 4 is 17.3 Å². The molecule has 0 spiro atoms. The molecule has 0 saturated heterocycles. The van der Waals surface area contributed by atoms with Crippen LogP contribution in [-0.2, 0) is 0 Å². The fraction of sp³-hybridized carbons (Fsp3) is 0.346. The number of rotatable bonds is 6. The summed E-state index contributed by atoms with van der Waals surface area (Å²) < 4.78 is 6.17. The molecule has 0 aliphatic carbocycles. The Morgan fingerprint density at radius 1 is 1.10 bits per heavy atom. The highest BCUT2D eigenvalue weighted by Gasteiger charge is 2.16. The van der Waals surface area contributed by atoms with Crippen LogP contribution >= 0.6 is 0 Å². The van der Waals surface area contributed by atoms with Crippen LogP contribution in [0.4, 0.5) is 0 Å². The number of para-hydroxylation sites is 1. The van der Waals surface area contributed by atoms with Crippen LogP contribution < -0.4 is 26.0 Å². The number of benzene rings is 1. The van der Waals surface area contributed by atoms with E-state index >= 15 is 0 Å². The Balaban J connectivity index is 1.93. The van der Waals surface area contributed by atoms with Crippen molar-refractivity contribution in [3.8, 4) is 5.75 Å². The van der Waals surface area contributed by atoms with Gasteiger partial charge in [0.15, 0.2) is 0 Å². The molecule has 1 aromatic carbocycles. The molecule has 0 bridgehead atoms. The number of ether oxygens (including phenoxy) is 1. The van der Waals surface area contributed by atoms with E-state index in [1.54, 1.807) is 0 Å². The Hall–Kier alpha value is -3.05. The van der Waals surface area contributed by atoms with Crippen molar-refractivity contribution in [3.63, 3.8) is 0 Å². The van der Waals surface area contributed by atoms with E-state index < -0.39 is 0 Å². The van der Waals surface area contributed by atoms with Crippen LogP contribution in [0.25, 0.3) is 17.3 Å². The first kappa shape index (κ1) is 21.2. The number of hydrogen-bond acceptors (Lipinski definition) is 3. The second-order valence-corrected chi connectivity index (χ2v) is 8.83. The molecular formula is C26H32N4O. The molecule has 1 aliphatic rings. The second-order valence-electron chi connectivity index (χ2n) is 8.83. The Kier molecular flexibility index (Phi) is 5.88. The maximum absolute atomic E-state index is 6.17. The molecule has 31 heavy (non-hydrogen) atoms. The largest absolute Gasteiger partial charge is 0.489 e. The predicted molar refractivity (Wildman–Crippen MR) is 127 cm³/mol. The Labute approximate surface area is 183 Å². The smallest absolute Gasteiger partial charge is 0.145 e. The summed E-state index contributed by atoms with van der Waals surface area (Å²) in [4.78, 5) is 14.2. The van der Waals surface area contributed by atoms with Crippen molar-refractivity contribution in [2.75, 3.05) is 20.6 Å². The monoisotopic (exact) mass is 416 g/mol. The number of aromatic amines is 2. The highest BCUT2D eigenvalue weighted by Crippen LogP contribution is 2.19. The van der Waals surface area contributed by atoms with Crippen LogP contribution in [0.2, 0.25) is 0 Å². The van der Waals surface area contributed by atoms with Gasteiger partial charge in [0.05, 0.1) is 27.9 Å². The van der Waals surface area contributed by atoms with Gasteiger partial charge in [-0.3, -0.25) is 0 Å². The number of H-pyrrole nitrogens is 2. The highest BCUT2D eigenvalue weighted by atomic mass is 16.5. The van der Waals surface area contributed by atoms with Gasteiger partial charge in [-0.1, -0.05) is 18.2 Å². The zero-order valence-corrected chi connectivity index (χ0v) is 19.3. The van der Waals surface area contributed by atoms with Crippen LogP contribution in [0.15, 0.2) is 41.4 Å². The Morgan fingerprint density at radius 2 is 1.87 bits per heavy atom. The van der Waals surface area contributed by atoms with Gasteiger partial charge in [0, 0.05) is 29.2 Å². The zero-order valence-electron chi connectivity index (χ0n) is 19.3. The maximum Gasteiger partial charge on any atom is 0.145 e. The van der Waals surface area contributed by atoms with E-state index in [2.05, 4.69) is 93.1 Å². The number of nitrogens with one attached hydrogen (secondary N) is 2. The lowest BCUT2D eigenvalue weighted by Gasteiger charge is -2.10. The average molecular weight is 417 g/mol. The van der Waals surface area contributed by atoms with Gasteiger partial charge in [-0.2, -0.15) is 0 Å². The summed E-state index contributed by atoms with van der Waals surface area (Å²) >= 11 is 0. The molecule has 0 radical (unpaired) electrons. The number of fused-ring (bicyclic) bond motifs is 1. The van der Waals surface area contributed by atoms with Gasteiger partial charge < -0.3 is 19.6 Å². The summed E-state index contributed by atoms with van der Waals surface area (Å²) in [6.07, 6.45) is 3.16. The molecule has 0 unspecified atom stereocenters. The van der Waals surface area contributed by atoms with E-state index in [4.69, 9.17) is 9.73 Å². The minimum atomic E-state index is 0.0854. The van der Waals surface area contributed by atoms with E-state index in [1.165, 1.54) is 16.4 Å². The third-order valence-electron chi connectivity index (χ3n) is 5.46. The topological polar surface area (TPSA) is 56.4 Å². The van der Waals surface area contributed by atoms with Gasteiger partial charge >= 0.3 is 0 Å². The summed E-state index contributed by atoms with van der Waals surface area (Å²) in [5, 5.41) is 4.21. The fourth-order valence-corrected chi connectivity index (χ4v) is 4.03. The Bertz CT molecular complexity index is 1340. The van der Waals surface area contributed by atoms with Crippen LogP contribution in [0.3, 0.4) is 0 Å². The lowest BCUT2D eigenvalue weighted by Crippen LogP contribution is -2.23. The summed E-state index contributed by atoms with van der Waals surface area (Å²) in [7, 11) is 4.21. The summed E-state index contributed by atoms with van der Waals surface area (Å²) in [6, 6.07) is 12.6. The van der Waals surface area contributed by atoms with Gasteiger partial charge in [0.1, 0.15) is 5.75 Å². The molecule has 3 heterocycles. The fourth-order valence-electron chi connectivity index (χ4n) is 4.03. The molecule has 0 atom stereocenters. The molecule has 5 heteroatoms. The van der Waals surface area contributed by atoms with Crippen molar-refractivity contribution in [1.82, 2.24) is 14.9 Å². The first-order valence-corrected chi connectivity index (χ1v) is 10.9. The highest BCUT2D eigenvalue weighted by molar-refractivity contribution is 5.89. The molecule has 1 aliphatic heterocycles. The average Bonchev–Trinajstić information content (AvgIpc) is 3.35. The molecule has 0 fully saturated rings. The Morgan fingerprint density at radius 3 is 2.55 bits per heavy atom. The van der Waals surface area contributed by atoms with Crippen molar-refractivity contribution in [1.29, 1.82) is 0 Å². The van der Waals surface area contributed by atoms with E-state index in [1.807, 2.05) is 6.07 Å². The molecule has 162 valence electrons. The lowest BCUT2D eigenvalue weighted by atomic mass is 10.1. The van der Waals surface area contributed by atoms with E-state index in [-0.39, 0.29) is 6.10 Å². The lowest BCUT2D eigenvalue weighted by molar-refractivity contribution is 0.240. The van der Waals surface area contributed by atoms with Crippen LogP contribution in [0, 0.1) is 13.8 Å². The molecule has 2 N–H and O–H groups in total. The standard InChI is InChI=1S/C26H32N4O/c1-16(2)31-25-15-24(28-23(25)14-22-17(3)13-18(4)27-22)26-20(11-12-30(5)6)19-9-7-8-10-21(19)29-26/h7-10,13-16,27-28H,11-12H2,1-6H3/b23-14-,26-24?. The predicted octanol–water partition coefficient (Wildman–Crippen LogP) is 2.12. The van der Waals surface area contributed by atoms with Crippen LogP contribution in [0.5, 0.6) is 5.75 Å². The first-order valence-electron chi connectivity index (χ1n) is 10.9. The van der Waals surface area contributed by atoms with Gasteiger partial charge in [-0.25, -0.2) is 4.99 Å². The van der Waals surface area contributed by atoms with E-state index in [0.717, 1.165) is 51.9 Å². The van der Waals surface area contributed by atoms with Gasteiger partial charge in [-0.15, -0.1) is 0 Å². The second kappa shape index (κ2) is 8.60. The van der Waals surface area contributed by atoms with Gasteiger partial charge in [0.25, 0.3) is 0 Å². The number of hydrogen-bond donors (Lipinski definition) is 2. The normalized spacial score (nSPS) is 15.7. The van der Waals surface area contributed by atoms with Crippen LogP contribution in [0.1, 0.15) is 37.2 Å². The summed E-state index contributed by atoms with van der Waals surface area (Å²) in [6.45, 7) is 9.27. The number of nitrogens with zero attached hydrogens (tertiary/aromatic N) is 2. The SMILES string of the molecule is Cc1cc(C)c(/C=c2\[nH]c(=C3N=c4ccccc4=C3CCN(C)C)cc2OC(C)C)[nH]1. The molecule has 3 aromatic rings. The molecule has 2 aromatic heterocycles. The molecule has 0 amide bonds. The van der Waals surface area contributed by atoms with Gasteiger partial charge in [-0.05, 0) is 77.6 Å².